The van der Waals surface area contributed by atoms with E-state index >= 15 is 0 Å². The highest BCUT2D eigenvalue weighted by Gasteiger charge is 2.17. The van der Waals surface area contributed by atoms with Crippen molar-refractivity contribution >= 4 is 12.6 Å². The third-order valence-corrected chi connectivity index (χ3v) is 2.66. The Labute approximate surface area is 90.4 Å². The molecule has 0 saturated carbocycles. The van der Waals surface area contributed by atoms with Gasteiger partial charge in [0.05, 0.1) is 0 Å². The monoisotopic (exact) mass is 211 g/mol. The van der Waals surface area contributed by atoms with Crippen molar-refractivity contribution in [2.45, 2.75) is 31.9 Å². The second kappa shape index (κ2) is 3.81. The van der Waals surface area contributed by atoms with E-state index in [1.54, 1.807) is 4.57 Å². The first kappa shape index (κ1) is 11.4. The topological polar surface area (TPSA) is 22.0 Å². The first-order chi connectivity index (χ1) is 6.38. The number of rotatable bonds is 1. The Balaban J connectivity index is 3.40. The summed E-state index contributed by atoms with van der Waals surface area (Å²) in [6.45, 7) is 6.30. The fourth-order valence-electron chi connectivity index (χ4n) is 1.56. The Bertz CT molecular complexity index is 387. The average Bonchev–Trinajstić information content (AvgIpc) is 2.07. The molecule has 0 aliphatic rings. The van der Waals surface area contributed by atoms with Crippen LogP contribution in [0.3, 0.4) is 0 Å². The number of pyridine rings is 1. The van der Waals surface area contributed by atoms with Crippen LogP contribution >= 0.6 is 12.6 Å². The Morgan fingerprint density at radius 1 is 1.36 bits per heavy atom. The molecule has 0 spiro atoms. The predicted molar refractivity (Wildman–Crippen MR) is 63.1 cm³/mol. The van der Waals surface area contributed by atoms with E-state index in [9.17, 15) is 4.79 Å². The zero-order valence-corrected chi connectivity index (χ0v) is 10.1. The van der Waals surface area contributed by atoms with Gasteiger partial charge in [-0.25, -0.2) is 0 Å². The van der Waals surface area contributed by atoms with Gasteiger partial charge in [-0.1, -0.05) is 26.8 Å². The van der Waals surface area contributed by atoms with Crippen LogP contribution in [0.5, 0.6) is 0 Å². The van der Waals surface area contributed by atoms with Gasteiger partial charge in [0, 0.05) is 29.5 Å². The maximum absolute atomic E-state index is 11.8. The number of thiol groups is 1. The number of nitrogens with zero attached hydrogens (tertiary/aromatic N) is 1. The van der Waals surface area contributed by atoms with E-state index in [0.29, 0.717) is 5.75 Å². The maximum atomic E-state index is 11.8. The van der Waals surface area contributed by atoms with Crippen LogP contribution < -0.4 is 5.56 Å². The molecule has 0 saturated heterocycles. The first-order valence-electron chi connectivity index (χ1n) is 4.68. The molecule has 14 heavy (non-hydrogen) atoms. The van der Waals surface area contributed by atoms with Gasteiger partial charge in [-0.15, -0.1) is 0 Å². The van der Waals surface area contributed by atoms with Gasteiger partial charge in [-0.3, -0.25) is 4.79 Å². The van der Waals surface area contributed by atoms with Crippen LogP contribution in [0.15, 0.2) is 16.9 Å². The zero-order chi connectivity index (χ0) is 10.9. The molecule has 0 aliphatic carbocycles. The lowest BCUT2D eigenvalue weighted by Crippen LogP contribution is -2.29. The third kappa shape index (κ3) is 2.03. The standard InChI is InChI=1S/C11H17NOS/c1-11(2,3)9-6-5-8(7-14)10(13)12(9)4/h5-6,14H,7H2,1-4H3. The molecule has 1 rings (SSSR count). The normalized spacial score (nSPS) is 11.8. The van der Waals surface area contributed by atoms with Crippen molar-refractivity contribution in [2.75, 3.05) is 0 Å². The van der Waals surface area contributed by atoms with Crippen LogP contribution in [0.2, 0.25) is 0 Å². The van der Waals surface area contributed by atoms with Gasteiger partial charge < -0.3 is 4.57 Å². The Hall–Kier alpha value is -0.700. The molecule has 0 radical (unpaired) electrons. The molecular weight excluding hydrogens is 194 g/mol. The van der Waals surface area contributed by atoms with Crippen molar-refractivity contribution in [1.82, 2.24) is 4.57 Å². The number of hydrogen-bond acceptors (Lipinski definition) is 2. The van der Waals surface area contributed by atoms with Gasteiger partial charge in [0.15, 0.2) is 0 Å². The summed E-state index contributed by atoms with van der Waals surface area (Å²) < 4.78 is 1.71. The fraction of sp³-hybridized carbons (Fsp3) is 0.545. The summed E-state index contributed by atoms with van der Waals surface area (Å²) in [5, 5.41) is 0. The SMILES string of the molecule is Cn1c(C(C)(C)C)ccc(CS)c1=O. The summed E-state index contributed by atoms with van der Waals surface area (Å²) in [6.07, 6.45) is 0. The molecule has 2 nitrogen and oxygen atoms in total. The molecule has 0 aliphatic heterocycles. The number of hydrogen-bond donors (Lipinski definition) is 1. The van der Waals surface area contributed by atoms with Crippen LogP contribution in [0.1, 0.15) is 32.0 Å². The second-order valence-electron chi connectivity index (χ2n) is 4.52. The minimum Gasteiger partial charge on any atom is -0.315 e. The molecule has 3 heteroatoms. The molecule has 78 valence electrons. The van der Waals surface area contributed by atoms with Gasteiger partial charge in [0.1, 0.15) is 0 Å². The highest BCUT2D eigenvalue weighted by atomic mass is 32.1. The summed E-state index contributed by atoms with van der Waals surface area (Å²) in [6, 6.07) is 3.88. The highest BCUT2D eigenvalue weighted by Crippen LogP contribution is 2.20. The van der Waals surface area contributed by atoms with Crippen molar-refractivity contribution in [2.24, 2.45) is 7.05 Å². The van der Waals surface area contributed by atoms with Gasteiger partial charge in [0.2, 0.25) is 0 Å². The molecule has 1 heterocycles. The van der Waals surface area contributed by atoms with Crippen molar-refractivity contribution in [1.29, 1.82) is 0 Å². The van der Waals surface area contributed by atoms with Crippen molar-refractivity contribution < 1.29 is 0 Å². The van der Waals surface area contributed by atoms with Crippen LogP contribution in [0.4, 0.5) is 0 Å². The van der Waals surface area contributed by atoms with Gasteiger partial charge in [-0.2, -0.15) is 12.6 Å². The first-order valence-corrected chi connectivity index (χ1v) is 5.31. The quantitative estimate of drug-likeness (QED) is 0.706. The molecule has 0 unspecified atom stereocenters. The minimum atomic E-state index is 0.00301. The van der Waals surface area contributed by atoms with Gasteiger partial charge in [-0.05, 0) is 6.07 Å². The highest BCUT2D eigenvalue weighted by molar-refractivity contribution is 7.79. The van der Waals surface area contributed by atoms with E-state index in [0.717, 1.165) is 11.3 Å². The molecule has 0 fully saturated rings. The van der Waals surface area contributed by atoms with Crippen LogP contribution in [-0.4, -0.2) is 4.57 Å². The Morgan fingerprint density at radius 3 is 2.36 bits per heavy atom. The molecule has 0 atom stereocenters. The van der Waals surface area contributed by atoms with E-state index in [1.165, 1.54) is 0 Å². The zero-order valence-electron chi connectivity index (χ0n) is 9.16. The molecular formula is C11H17NOS. The van der Waals surface area contributed by atoms with E-state index in [4.69, 9.17) is 0 Å². The van der Waals surface area contributed by atoms with Gasteiger partial charge >= 0.3 is 0 Å². The molecule has 0 bridgehead atoms. The summed E-state index contributed by atoms with van der Waals surface area (Å²) in [7, 11) is 1.82. The van der Waals surface area contributed by atoms with Crippen molar-refractivity contribution in [3.05, 3.63) is 33.7 Å². The Morgan fingerprint density at radius 2 is 1.93 bits per heavy atom. The lowest BCUT2D eigenvalue weighted by Gasteiger charge is -2.22. The van der Waals surface area contributed by atoms with Gasteiger partial charge in [0.25, 0.3) is 5.56 Å². The summed E-state index contributed by atoms with van der Waals surface area (Å²) in [5.41, 5.74) is 1.87. The summed E-state index contributed by atoms with van der Waals surface area (Å²) in [4.78, 5) is 11.8. The lowest BCUT2D eigenvalue weighted by atomic mass is 9.91. The maximum Gasteiger partial charge on any atom is 0.254 e. The summed E-state index contributed by atoms with van der Waals surface area (Å²) >= 11 is 4.12. The van der Waals surface area contributed by atoms with Crippen molar-refractivity contribution in [3.8, 4) is 0 Å². The van der Waals surface area contributed by atoms with E-state index < -0.39 is 0 Å². The largest absolute Gasteiger partial charge is 0.315 e. The molecule has 1 aromatic rings. The molecule has 0 amide bonds. The number of aromatic nitrogens is 1. The van der Waals surface area contributed by atoms with E-state index in [2.05, 4.69) is 33.4 Å². The van der Waals surface area contributed by atoms with Crippen LogP contribution in [0, 0.1) is 0 Å². The van der Waals surface area contributed by atoms with Crippen LogP contribution in [-0.2, 0) is 18.2 Å². The molecule has 1 aromatic heterocycles. The van der Waals surface area contributed by atoms with E-state index in [-0.39, 0.29) is 11.0 Å². The third-order valence-electron chi connectivity index (χ3n) is 2.32. The van der Waals surface area contributed by atoms with Crippen molar-refractivity contribution in [3.63, 3.8) is 0 Å². The second-order valence-corrected chi connectivity index (χ2v) is 4.83. The lowest BCUT2D eigenvalue weighted by molar-refractivity contribution is 0.530. The predicted octanol–water partition coefficient (Wildman–Crippen LogP) is 2.11. The molecule has 0 aromatic carbocycles. The smallest absolute Gasteiger partial charge is 0.254 e. The minimum absolute atomic E-state index is 0.00301. The fourth-order valence-corrected chi connectivity index (χ4v) is 1.80. The van der Waals surface area contributed by atoms with E-state index in [1.807, 2.05) is 19.2 Å². The summed E-state index contributed by atoms with van der Waals surface area (Å²) in [5.74, 6) is 0.497. The van der Waals surface area contributed by atoms with Crippen LogP contribution in [0.25, 0.3) is 0 Å². The Kier molecular flexibility index (Phi) is 3.10. The average molecular weight is 211 g/mol. The molecule has 0 N–H and O–H groups in total.